The zero-order valence-corrected chi connectivity index (χ0v) is 12.6. The number of nitrogens with zero attached hydrogens (tertiary/aromatic N) is 2. The van der Waals surface area contributed by atoms with Gasteiger partial charge in [-0.15, -0.1) is 0 Å². The lowest BCUT2D eigenvalue weighted by Gasteiger charge is -2.27. The van der Waals surface area contributed by atoms with E-state index in [2.05, 4.69) is 39.3 Å². The Bertz CT molecular complexity index is 734. The van der Waals surface area contributed by atoms with Crippen molar-refractivity contribution in [1.29, 1.82) is 0 Å². The van der Waals surface area contributed by atoms with E-state index in [0.717, 1.165) is 47.9 Å². The number of piperidine rings is 1. The van der Waals surface area contributed by atoms with E-state index in [0.29, 0.717) is 12.0 Å². The topological polar surface area (TPSA) is 53.6 Å². The molecule has 1 saturated heterocycles. The van der Waals surface area contributed by atoms with Gasteiger partial charge in [-0.1, -0.05) is 24.3 Å². The second-order valence-corrected chi connectivity index (χ2v) is 6.07. The maximum absolute atomic E-state index is 4.66. The van der Waals surface area contributed by atoms with Crippen LogP contribution in [0, 0.1) is 6.07 Å². The predicted octanol–water partition coefficient (Wildman–Crippen LogP) is 3.23. The fourth-order valence-electron chi connectivity index (χ4n) is 3.23. The third kappa shape index (κ3) is 2.50. The average Bonchev–Trinajstić information content (AvgIpc) is 2.99. The van der Waals surface area contributed by atoms with Crippen LogP contribution in [0.25, 0.3) is 22.6 Å². The lowest BCUT2D eigenvalue weighted by molar-refractivity contribution is 0.371. The van der Waals surface area contributed by atoms with Gasteiger partial charge in [-0.25, -0.2) is 9.97 Å². The second-order valence-electron chi connectivity index (χ2n) is 6.07. The summed E-state index contributed by atoms with van der Waals surface area (Å²) >= 11 is 0. The molecular weight excluding hydrogens is 272 g/mol. The van der Waals surface area contributed by atoms with Crippen LogP contribution < -0.4 is 5.32 Å². The highest BCUT2D eigenvalue weighted by atomic mass is 15.0. The van der Waals surface area contributed by atoms with Gasteiger partial charge in [-0.3, -0.25) is 0 Å². The van der Waals surface area contributed by atoms with Gasteiger partial charge < -0.3 is 10.3 Å². The van der Waals surface area contributed by atoms with Gasteiger partial charge in [0.1, 0.15) is 11.5 Å². The normalized spacial score (nSPS) is 22.0. The summed E-state index contributed by atoms with van der Waals surface area (Å²) < 4.78 is 0. The number of aromatic nitrogens is 3. The van der Waals surface area contributed by atoms with E-state index >= 15 is 0 Å². The molecule has 3 aliphatic heterocycles. The summed E-state index contributed by atoms with van der Waals surface area (Å²) in [4.78, 5) is 12.8. The summed E-state index contributed by atoms with van der Waals surface area (Å²) in [6.07, 6.45) is 4.16. The number of nitrogens with one attached hydrogen (secondary N) is 2. The molecule has 0 spiro atoms. The van der Waals surface area contributed by atoms with E-state index in [4.69, 9.17) is 0 Å². The second kappa shape index (κ2) is 5.54. The van der Waals surface area contributed by atoms with Crippen LogP contribution in [0.15, 0.2) is 36.5 Å². The van der Waals surface area contributed by atoms with E-state index in [9.17, 15) is 0 Å². The van der Waals surface area contributed by atoms with Crippen LogP contribution in [-0.4, -0.2) is 27.5 Å². The number of benzene rings is 1. The van der Waals surface area contributed by atoms with E-state index in [1.54, 1.807) is 0 Å². The van der Waals surface area contributed by atoms with Crippen molar-refractivity contribution in [3.05, 3.63) is 48.4 Å². The Balaban J connectivity index is 1.68. The molecule has 0 saturated carbocycles. The molecule has 2 atom stereocenters. The van der Waals surface area contributed by atoms with E-state index < -0.39 is 0 Å². The largest absolute Gasteiger partial charge is 0.342 e. The molecule has 0 aromatic heterocycles. The molecule has 4 nitrogen and oxygen atoms in total. The zero-order valence-electron chi connectivity index (χ0n) is 12.6. The predicted molar refractivity (Wildman–Crippen MR) is 86.7 cm³/mol. The van der Waals surface area contributed by atoms with Gasteiger partial charge in [-0.2, -0.15) is 0 Å². The molecule has 111 valence electrons. The molecule has 2 unspecified atom stereocenters. The quantitative estimate of drug-likeness (QED) is 0.762. The van der Waals surface area contributed by atoms with Gasteiger partial charge in [0.15, 0.2) is 0 Å². The van der Waals surface area contributed by atoms with Crippen LogP contribution in [0.4, 0.5) is 0 Å². The third-order valence-electron chi connectivity index (χ3n) is 4.41. The smallest absolute Gasteiger partial charge is 0.109 e. The van der Waals surface area contributed by atoms with E-state index in [1.165, 1.54) is 0 Å². The van der Waals surface area contributed by atoms with E-state index in [1.807, 2.05) is 30.5 Å². The lowest BCUT2D eigenvalue weighted by Crippen LogP contribution is -2.35. The summed E-state index contributed by atoms with van der Waals surface area (Å²) in [5, 5.41) is 3.49. The molecule has 3 aliphatic rings. The molecule has 1 aromatic carbocycles. The molecule has 2 N–H and O–H groups in total. The number of H-pyrrole nitrogens is 1. The summed E-state index contributed by atoms with van der Waals surface area (Å²) in [6.45, 7) is 3.30. The molecule has 1 aromatic rings. The minimum atomic E-state index is 0.505. The highest BCUT2D eigenvalue weighted by Crippen LogP contribution is 2.30. The minimum absolute atomic E-state index is 0.505. The molecule has 0 aliphatic carbocycles. The average molecular weight is 291 g/mol. The van der Waals surface area contributed by atoms with Gasteiger partial charge in [0.25, 0.3) is 0 Å². The minimum Gasteiger partial charge on any atom is -0.342 e. The SMILES string of the molecule is CC1CC(c2ncc3nc(-c4cc[c]cc4)cc-3[nH]2)CCN1. The molecule has 0 amide bonds. The van der Waals surface area contributed by atoms with E-state index in [-0.39, 0.29) is 0 Å². The maximum atomic E-state index is 4.66. The van der Waals surface area contributed by atoms with Crippen molar-refractivity contribution >= 4 is 0 Å². The molecule has 1 radical (unpaired) electrons. The first-order valence-corrected chi connectivity index (χ1v) is 7.85. The zero-order chi connectivity index (χ0) is 14.9. The Morgan fingerprint density at radius 3 is 2.91 bits per heavy atom. The fraction of sp³-hybridized carbons (Fsp3) is 0.333. The summed E-state index contributed by atoms with van der Waals surface area (Å²) in [5.41, 5.74) is 4.09. The van der Waals surface area contributed by atoms with Crippen molar-refractivity contribution in [3.8, 4) is 22.6 Å². The number of fused-ring (bicyclic) bond motifs is 1. The Hall–Kier alpha value is -2.20. The van der Waals surface area contributed by atoms with Crippen molar-refractivity contribution in [2.45, 2.75) is 31.7 Å². The highest BCUT2D eigenvalue weighted by Gasteiger charge is 2.23. The first-order chi connectivity index (χ1) is 10.8. The van der Waals surface area contributed by atoms with Crippen LogP contribution in [0.2, 0.25) is 0 Å². The Morgan fingerprint density at radius 2 is 2.09 bits per heavy atom. The molecule has 1 fully saturated rings. The third-order valence-corrected chi connectivity index (χ3v) is 4.41. The van der Waals surface area contributed by atoms with Crippen molar-refractivity contribution in [1.82, 2.24) is 20.3 Å². The first-order valence-electron chi connectivity index (χ1n) is 7.85. The Labute approximate surface area is 130 Å². The van der Waals surface area contributed by atoms with Crippen LogP contribution in [0.5, 0.6) is 0 Å². The van der Waals surface area contributed by atoms with Crippen LogP contribution >= 0.6 is 0 Å². The molecule has 0 bridgehead atoms. The van der Waals surface area contributed by atoms with Gasteiger partial charge in [0, 0.05) is 17.5 Å². The summed E-state index contributed by atoms with van der Waals surface area (Å²) in [5.74, 6) is 1.59. The first kappa shape index (κ1) is 13.5. The number of aromatic amines is 1. The molecule has 3 heterocycles. The van der Waals surface area contributed by atoms with Crippen molar-refractivity contribution < 1.29 is 0 Å². The lowest BCUT2D eigenvalue weighted by atomic mass is 9.92. The number of rotatable bonds is 2. The summed E-state index contributed by atoms with van der Waals surface area (Å²) in [7, 11) is 0. The van der Waals surface area contributed by atoms with Crippen LogP contribution in [-0.2, 0) is 0 Å². The Kier molecular flexibility index (Phi) is 3.39. The van der Waals surface area contributed by atoms with Gasteiger partial charge in [-0.05, 0) is 38.4 Å². The molecule has 4 heteroatoms. The molecule has 22 heavy (non-hydrogen) atoms. The van der Waals surface area contributed by atoms with Gasteiger partial charge in [0.05, 0.1) is 17.6 Å². The van der Waals surface area contributed by atoms with Crippen molar-refractivity contribution in [2.24, 2.45) is 0 Å². The molecular formula is C18H19N4. The van der Waals surface area contributed by atoms with Crippen molar-refractivity contribution in [3.63, 3.8) is 0 Å². The standard InChI is InChI=1S/C18H19N4/c1-12-9-14(7-8-19-12)18-20-11-17-16(22-18)10-15(21-17)13-5-3-2-4-6-13/h3-6,10-12,14,19H,7-9H2,1H3,(H,20,22). The van der Waals surface area contributed by atoms with Crippen LogP contribution in [0.1, 0.15) is 31.5 Å². The Morgan fingerprint density at radius 1 is 1.23 bits per heavy atom. The maximum Gasteiger partial charge on any atom is 0.109 e. The summed E-state index contributed by atoms with van der Waals surface area (Å²) in [6, 6.07) is 13.6. The fourth-order valence-corrected chi connectivity index (χ4v) is 3.23. The number of hydrogen-bond acceptors (Lipinski definition) is 3. The monoisotopic (exact) mass is 291 g/mol. The van der Waals surface area contributed by atoms with Gasteiger partial charge in [0.2, 0.25) is 0 Å². The van der Waals surface area contributed by atoms with Gasteiger partial charge >= 0.3 is 0 Å². The molecule has 4 rings (SSSR count). The van der Waals surface area contributed by atoms with Crippen molar-refractivity contribution in [2.75, 3.05) is 6.54 Å². The van der Waals surface area contributed by atoms with Crippen LogP contribution in [0.3, 0.4) is 0 Å². The number of hydrogen-bond donors (Lipinski definition) is 2. The highest BCUT2D eigenvalue weighted by molar-refractivity contribution is 5.70.